The first kappa shape index (κ1) is 15.1. The number of alkyl halides is 3. The average Bonchev–Trinajstić information content (AvgIpc) is 3.08. The molecule has 0 radical (unpaired) electrons. The summed E-state index contributed by atoms with van der Waals surface area (Å²) >= 11 is -0.0534. The van der Waals surface area contributed by atoms with E-state index in [-0.39, 0.29) is 27.5 Å². The highest BCUT2D eigenvalue weighted by atomic mass is 32.1. The largest absolute Gasteiger partial charge is 0.445 e. The van der Waals surface area contributed by atoms with E-state index in [0.717, 1.165) is 0 Å². The Hall–Kier alpha value is -2.82. The van der Waals surface area contributed by atoms with Gasteiger partial charge in [0.2, 0.25) is 10.0 Å². The molecule has 1 aliphatic rings. The molecular weight excluding hydrogens is 339 g/mol. The Morgan fingerprint density at radius 2 is 1.65 bits per heavy atom. The van der Waals surface area contributed by atoms with Crippen LogP contribution in [0, 0.1) is 0 Å². The molecular formula is C12H4F3N3O4S. The molecule has 0 unspecified atom stereocenters. The van der Waals surface area contributed by atoms with Crippen LogP contribution in [0.5, 0.6) is 0 Å². The SMILES string of the molecule is O=C(ON1C(=O)c2ccccc2C1=O)c1nnc(C(F)(F)F)s1. The van der Waals surface area contributed by atoms with Gasteiger partial charge in [0.1, 0.15) is 0 Å². The zero-order valence-corrected chi connectivity index (χ0v) is 11.6. The van der Waals surface area contributed by atoms with Crippen molar-refractivity contribution in [1.29, 1.82) is 0 Å². The first-order valence-electron chi connectivity index (χ1n) is 5.90. The lowest BCUT2D eigenvalue weighted by molar-refractivity contribution is -0.138. The summed E-state index contributed by atoms with van der Waals surface area (Å²) < 4.78 is 37.2. The molecule has 1 aromatic heterocycles. The second kappa shape index (κ2) is 5.12. The molecule has 0 aliphatic carbocycles. The summed E-state index contributed by atoms with van der Waals surface area (Å²) in [6.07, 6.45) is -4.76. The topological polar surface area (TPSA) is 89.5 Å². The normalized spacial score (nSPS) is 14.1. The molecule has 2 amide bonds. The van der Waals surface area contributed by atoms with E-state index in [1.54, 1.807) is 0 Å². The summed E-state index contributed by atoms with van der Waals surface area (Å²) in [5.74, 6) is -3.16. The van der Waals surface area contributed by atoms with Crippen molar-refractivity contribution in [3.63, 3.8) is 0 Å². The van der Waals surface area contributed by atoms with E-state index in [0.29, 0.717) is 0 Å². The Bertz CT molecular complexity index is 798. The molecule has 2 heterocycles. The number of nitrogens with zero attached hydrogens (tertiary/aromatic N) is 3. The average molecular weight is 343 g/mol. The first-order valence-corrected chi connectivity index (χ1v) is 6.71. The molecule has 0 N–H and O–H groups in total. The van der Waals surface area contributed by atoms with E-state index < -0.39 is 34.0 Å². The highest BCUT2D eigenvalue weighted by Crippen LogP contribution is 2.32. The molecule has 0 bridgehead atoms. The van der Waals surface area contributed by atoms with Crippen molar-refractivity contribution in [3.05, 3.63) is 45.4 Å². The summed E-state index contributed by atoms with van der Waals surface area (Å²) in [4.78, 5) is 40.2. The molecule has 0 saturated heterocycles. The van der Waals surface area contributed by atoms with Gasteiger partial charge in [0, 0.05) is 0 Å². The zero-order valence-electron chi connectivity index (χ0n) is 10.8. The third-order valence-electron chi connectivity index (χ3n) is 2.77. The van der Waals surface area contributed by atoms with Gasteiger partial charge in [-0.05, 0) is 12.1 Å². The van der Waals surface area contributed by atoms with Crippen molar-refractivity contribution in [1.82, 2.24) is 15.3 Å². The van der Waals surface area contributed by atoms with Crippen LogP contribution in [0.25, 0.3) is 0 Å². The van der Waals surface area contributed by atoms with Crippen molar-refractivity contribution >= 4 is 29.1 Å². The molecule has 0 fully saturated rings. The van der Waals surface area contributed by atoms with Gasteiger partial charge < -0.3 is 4.84 Å². The van der Waals surface area contributed by atoms with Crippen LogP contribution in [0.2, 0.25) is 0 Å². The smallest absolute Gasteiger partial charge is 0.321 e. The minimum absolute atomic E-state index is 0.0264. The Kier molecular flexibility index (Phi) is 3.36. The summed E-state index contributed by atoms with van der Waals surface area (Å²) in [7, 11) is 0. The van der Waals surface area contributed by atoms with E-state index in [9.17, 15) is 27.6 Å². The molecule has 0 spiro atoms. The Morgan fingerprint density at radius 3 is 2.13 bits per heavy atom. The molecule has 1 aromatic carbocycles. The minimum Gasteiger partial charge on any atom is -0.321 e. The van der Waals surface area contributed by atoms with E-state index in [1.807, 2.05) is 0 Å². The van der Waals surface area contributed by atoms with Crippen LogP contribution in [0.3, 0.4) is 0 Å². The van der Waals surface area contributed by atoms with Crippen molar-refractivity contribution in [2.45, 2.75) is 6.18 Å². The summed E-state index contributed by atoms with van der Waals surface area (Å²) in [5.41, 5.74) is 0.0529. The molecule has 0 saturated carbocycles. The number of carbonyl (C=O) groups excluding carboxylic acids is 3. The number of hydroxylamine groups is 2. The highest BCUT2D eigenvalue weighted by Gasteiger charge is 2.40. The number of rotatable bonds is 2. The Balaban J connectivity index is 1.81. The predicted octanol–water partition coefficient (Wildman–Crippen LogP) is 1.92. The molecule has 118 valence electrons. The molecule has 0 atom stereocenters. The van der Waals surface area contributed by atoms with E-state index >= 15 is 0 Å². The fourth-order valence-electron chi connectivity index (χ4n) is 1.79. The third-order valence-corrected chi connectivity index (χ3v) is 3.72. The second-order valence-electron chi connectivity index (χ2n) is 4.24. The lowest BCUT2D eigenvalue weighted by atomic mass is 10.1. The van der Waals surface area contributed by atoms with Gasteiger partial charge in [0.25, 0.3) is 11.8 Å². The van der Waals surface area contributed by atoms with Crippen LogP contribution in [-0.2, 0) is 11.0 Å². The number of aromatic nitrogens is 2. The second-order valence-corrected chi connectivity index (χ2v) is 5.22. The number of imide groups is 1. The fourth-order valence-corrected chi connectivity index (χ4v) is 2.38. The van der Waals surface area contributed by atoms with Gasteiger partial charge >= 0.3 is 12.1 Å². The van der Waals surface area contributed by atoms with Crippen LogP contribution in [-0.4, -0.2) is 33.0 Å². The Morgan fingerprint density at radius 1 is 1.09 bits per heavy atom. The molecule has 7 nitrogen and oxygen atoms in total. The monoisotopic (exact) mass is 343 g/mol. The van der Waals surface area contributed by atoms with Crippen molar-refractivity contribution in [2.24, 2.45) is 0 Å². The molecule has 1 aliphatic heterocycles. The fraction of sp³-hybridized carbons (Fsp3) is 0.0833. The molecule has 3 rings (SSSR count). The molecule has 11 heteroatoms. The predicted molar refractivity (Wildman–Crippen MR) is 67.3 cm³/mol. The van der Waals surface area contributed by atoms with Crippen LogP contribution < -0.4 is 0 Å². The van der Waals surface area contributed by atoms with Gasteiger partial charge in [0.05, 0.1) is 11.1 Å². The maximum absolute atomic E-state index is 12.4. The van der Waals surface area contributed by atoms with Crippen molar-refractivity contribution < 1.29 is 32.4 Å². The van der Waals surface area contributed by atoms with Crippen molar-refractivity contribution in [2.75, 3.05) is 0 Å². The number of carbonyl (C=O) groups is 3. The number of halogens is 3. The standard InChI is InChI=1S/C12H4F3N3O4S/c13-12(14,15)11-17-16-7(23-11)10(21)22-18-8(19)5-3-1-2-4-6(5)9(18)20/h1-4H. The number of hydrogen-bond acceptors (Lipinski definition) is 7. The van der Waals surface area contributed by atoms with Gasteiger partial charge in [0.15, 0.2) is 0 Å². The number of benzene rings is 1. The number of fused-ring (bicyclic) bond motifs is 1. The summed E-state index contributed by atoms with van der Waals surface area (Å²) in [5, 5.41) is 3.98. The van der Waals surface area contributed by atoms with Gasteiger partial charge in [-0.2, -0.15) is 13.2 Å². The van der Waals surface area contributed by atoms with Crippen LogP contribution >= 0.6 is 11.3 Å². The van der Waals surface area contributed by atoms with Crippen molar-refractivity contribution in [3.8, 4) is 0 Å². The number of amides is 2. The van der Waals surface area contributed by atoms with Crippen LogP contribution in [0.1, 0.15) is 35.5 Å². The van der Waals surface area contributed by atoms with Crippen LogP contribution in [0.4, 0.5) is 13.2 Å². The van der Waals surface area contributed by atoms with Gasteiger partial charge in [-0.15, -0.1) is 10.2 Å². The quantitative estimate of drug-likeness (QED) is 0.774. The minimum atomic E-state index is -4.76. The number of hydrogen-bond donors (Lipinski definition) is 0. The third kappa shape index (κ3) is 2.54. The Labute approximate surface area is 129 Å². The van der Waals surface area contributed by atoms with E-state index in [2.05, 4.69) is 15.0 Å². The molecule has 23 heavy (non-hydrogen) atoms. The van der Waals surface area contributed by atoms with Crippen LogP contribution in [0.15, 0.2) is 24.3 Å². The lowest BCUT2D eigenvalue weighted by Crippen LogP contribution is -2.32. The molecule has 2 aromatic rings. The van der Waals surface area contributed by atoms with E-state index in [4.69, 9.17) is 0 Å². The van der Waals surface area contributed by atoms with E-state index in [1.165, 1.54) is 24.3 Å². The van der Waals surface area contributed by atoms with Gasteiger partial charge in [-0.1, -0.05) is 28.5 Å². The van der Waals surface area contributed by atoms with Gasteiger partial charge in [-0.25, -0.2) is 4.79 Å². The summed E-state index contributed by atoms with van der Waals surface area (Å²) in [6.45, 7) is 0. The zero-order chi connectivity index (χ0) is 16.8. The van der Waals surface area contributed by atoms with Gasteiger partial charge in [-0.3, -0.25) is 9.59 Å². The highest BCUT2D eigenvalue weighted by molar-refractivity contribution is 7.13. The maximum Gasteiger partial charge on any atom is 0.445 e. The maximum atomic E-state index is 12.4. The summed E-state index contributed by atoms with van der Waals surface area (Å²) in [6, 6.07) is 5.73. The lowest BCUT2D eigenvalue weighted by Gasteiger charge is -2.10. The first-order chi connectivity index (χ1) is 10.8.